The van der Waals surface area contributed by atoms with Gasteiger partial charge in [0.25, 0.3) is 5.56 Å². The summed E-state index contributed by atoms with van der Waals surface area (Å²) >= 11 is 8.34. The van der Waals surface area contributed by atoms with Crippen LogP contribution in [0.25, 0.3) is 6.08 Å². The highest BCUT2D eigenvalue weighted by molar-refractivity contribution is 9.10. The Hall–Kier alpha value is -3.47. The fourth-order valence-corrected chi connectivity index (χ4v) is 6.59. The SMILES string of the molecule is CCOC(=O)C1=C(C)N=c2s/c(=C/c3ccc(OCc4ccc(Br)cc4)c(Br)c3)c(=O)n2[C@@H]1c1ccccc1OC(C)C. The third-order valence-corrected chi connectivity index (χ3v) is 8.79. The van der Waals surface area contributed by atoms with Gasteiger partial charge in [-0.05, 0) is 91.2 Å². The van der Waals surface area contributed by atoms with Crippen LogP contribution in [-0.4, -0.2) is 23.2 Å². The van der Waals surface area contributed by atoms with Crippen molar-refractivity contribution in [1.82, 2.24) is 4.57 Å². The second kappa shape index (κ2) is 13.4. The first kappa shape index (κ1) is 31.0. The van der Waals surface area contributed by atoms with Gasteiger partial charge < -0.3 is 14.2 Å². The van der Waals surface area contributed by atoms with E-state index in [-0.39, 0.29) is 18.3 Å². The number of carbonyl (C=O) groups excluding carboxylic acids is 1. The fourth-order valence-electron chi connectivity index (χ4n) is 4.77. The number of esters is 1. The highest BCUT2D eigenvalue weighted by Gasteiger charge is 2.35. The largest absolute Gasteiger partial charge is 0.491 e. The van der Waals surface area contributed by atoms with Gasteiger partial charge in [0.1, 0.15) is 24.1 Å². The molecule has 0 N–H and O–H groups in total. The van der Waals surface area contributed by atoms with Crippen LogP contribution >= 0.6 is 43.2 Å². The van der Waals surface area contributed by atoms with E-state index in [2.05, 4.69) is 36.9 Å². The Morgan fingerprint density at radius 3 is 2.51 bits per heavy atom. The van der Waals surface area contributed by atoms with Gasteiger partial charge in [-0.3, -0.25) is 9.36 Å². The molecule has 43 heavy (non-hydrogen) atoms. The van der Waals surface area contributed by atoms with Gasteiger partial charge in [0.2, 0.25) is 0 Å². The smallest absolute Gasteiger partial charge is 0.338 e. The number of rotatable bonds is 9. The number of hydrogen-bond donors (Lipinski definition) is 0. The first-order valence-electron chi connectivity index (χ1n) is 13.8. The molecule has 1 aliphatic heterocycles. The number of para-hydroxylation sites is 1. The summed E-state index contributed by atoms with van der Waals surface area (Å²) in [4.78, 5) is 32.5. The minimum atomic E-state index is -0.756. The number of aromatic nitrogens is 1. The molecule has 0 radical (unpaired) electrons. The number of benzene rings is 3. The highest BCUT2D eigenvalue weighted by Crippen LogP contribution is 2.36. The van der Waals surface area contributed by atoms with Crippen LogP contribution in [0.4, 0.5) is 0 Å². The Kier molecular flexibility index (Phi) is 9.68. The summed E-state index contributed by atoms with van der Waals surface area (Å²) in [6.45, 7) is 8.02. The second-order valence-electron chi connectivity index (χ2n) is 10.1. The van der Waals surface area contributed by atoms with E-state index in [1.54, 1.807) is 18.4 Å². The molecule has 0 amide bonds. The Morgan fingerprint density at radius 1 is 1.07 bits per heavy atom. The Labute approximate surface area is 270 Å². The number of fused-ring (bicyclic) bond motifs is 1. The molecule has 7 nitrogen and oxygen atoms in total. The first-order valence-corrected chi connectivity index (χ1v) is 16.2. The van der Waals surface area contributed by atoms with Crippen LogP contribution in [0.3, 0.4) is 0 Å². The number of allylic oxidation sites excluding steroid dienone is 1. The summed E-state index contributed by atoms with van der Waals surface area (Å²) in [6, 6.07) is 20.3. The molecule has 3 aromatic carbocycles. The maximum atomic E-state index is 14.0. The molecular formula is C33H30Br2N2O5S. The van der Waals surface area contributed by atoms with Gasteiger partial charge in [0, 0.05) is 10.0 Å². The molecule has 1 aromatic heterocycles. The van der Waals surface area contributed by atoms with Crippen LogP contribution in [0.5, 0.6) is 11.5 Å². The van der Waals surface area contributed by atoms with Crippen molar-refractivity contribution in [3.05, 3.63) is 123 Å². The van der Waals surface area contributed by atoms with E-state index in [1.165, 1.54) is 11.3 Å². The minimum absolute atomic E-state index is 0.103. The molecule has 0 aliphatic carbocycles. The summed E-state index contributed by atoms with van der Waals surface area (Å²) in [5.41, 5.74) is 3.12. The predicted octanol–water partition coefficient (Wildman–Crippen LogP) is 6.69. The van der Waals surface area contributed by atoms with Crippen molar-refractivity contribution < 1.29 is 19.0 Å². The standard InChI is InChI=1S/C33H30Br2N2O5S/c1-5-40-32(39)29-20(4)36-33-37(30(29)24-8-6-7-9-26(24)42-19(2)3)31(38)28(43-33)17-22-12-15-27(25(35)16-22)41-18-21-10-13-23(34)14-11-21/h6-17,19,30H,5,18H2,1-4H3/b28-17+/t30-/m1/s1. The topological polar surface area (TPSA) is 79.1 Å². The zero-order chi connectivity index (χ0) is 30.7. The van der Waals surface area contributed by atoms with Crippen molar-refractivity contribution in [3.63, 3.8) is 0 Å². The Bertz CT molecular complexity index is 1880. The zero-order valence-electron chi connectivity index (χ0n) is 24.1. The van der Waals surface area contributed by atoms with Crippen molar-refractivity contribution in [2.75, 3.05) is 6.61 Å². The third kappa shape index (κ3) is 6.87. The average molecular weight is 726 g/mol. The molecule has 2 heterocycles. The monoisotopic (exact) mass is 724 g/mol. The van der Waals surface area contributed by atoms with Crippen molar-refractivity contribution in [3.8, 4) is 11.5 Å². The van der Waals surface area contributed by atoms with E-state index >= 15 is 0 Å². The van der Waals surface area contributed by atoms with Crippen molar-refractivity contribution in [1.29, 1.82) is 0 Å². The number of carbonyl (C=O) groups is 1. The summed E-state index contributed by atoms with van der Waals surface area (Å²) < 4.78 is 21.4. The van der Waals surface area contributed by atoms with Crippen LogP contribution in [-0.2, 0) is 16.1 Å². The van der Waals surface area contributed by atoms with Gasteiger partial charge in [-0.25, -0.2) is 9.79 Å². The van der Waals surface area contributed by atoms with Crippen LogP contribution in [0.1, 0.15) is 50.4 Å². The molecule has 222 valence electrons. The van der Waals surface area contributed by atoms with Gasteiger partial charge in [0.15, 0.2) is 4.80 Å². The minimum Gasteiger partial charge on any atom is -0.491 e. The Balaban J connectivity index is 1.55. The molecular weight excluding hydrogens is 696 g/mol. The average Bonchev–Trinajstić information content (AvgIpc) is 3.26. The van der Waals surface area contributed by atoms with Crippen LogP contribution in [0.15, 0.2) is 96.7 Å². The molecule has 0 saturated carbocycles. The van der Waals surface area contributed by atoms with E-state index in [0.717, 1.165) is 20.1 Å². The summed E-state index contributed by atoms with van der Waals surface area (Å²) in [5.74, 6) is 0.777. The highest BCUT2D eigenvalue weighted by atomic mass is 79.9. The normalized spacial score (nSPS) is 14.9. The van der Waals surface area contributed by atoms with Gasteiger partial charge in [-0.15, -0.1) is 0 Å². The molecule has 1 atom stereocenters. The molecule has 4 aromatic rings. The van der Waals surface area contributed by atoms with Gasteiger partial charge in [0.05, 0.1) is 33.0 Å². The molecule has 1 aliphatic rings. The van der Waals surface area contributed by atoms with E-state index in [9.17, 15) is 9.59 Å². The quantitative estimate of drug-likeness (QED) is 0.180. The molecule has 10 heteroatoms. The molecule has 0 spiro atoms. The lowest BCUT2D eigenvalue weighted by Gasteiger charge is -2.26. The van der Waals surface area contributed by atoms with E-state index in [0.29, 0.717) is 44.3 Å². The maximum Gasteiger partial charge on any atom is 0.338 e. The molecule has 0 fully saturated rings. The van der Waals surface area contributed by atoms with Gasteiger partial charge >= 0.3 is 5.97 Å². The van der Waals surface area contributed by atoms with Gasteiger partial charge in [-0.1, -0.05) is 63.7 Å². The van der Waals surface area contributed by atoms with Crippen molar-refractivity contribution in [2.24, 2.45) is 4.99 Å². The summed E-state index contributed by atoms with van der Waals surface area (Å²) in [7, 11) is 0. The number of halogens is 2. The first-order chi connectivity index (χ1) is 20.7. The fraction of sp³-hybridized carbons (Fsp3) is 0.242. The van der Waals surface area contributed by atoms with Crippen LogP contribution in [0, 0.1) is 0 Å². The lowest BCUT2D eigenvalue weighted by atomic mass is 9.95. The van der Waals surface area contributed by atoms with Crippen molar-refractivity contribution in [2.45, 2.75) is 46.4 Å². The van der Waals surface area contributed by atoms with Crippen LogP contribution in [0.2, 0.25) is 0 Å². The number of nitrogens with zero attached hydrogens (tertiary/aromatic N) is 2. The van der Waals surface area contributed by atoms with Gasteiger partial charge in [-0.2, -0.15) is 0 Å². The second-order valence-corrected chi connectivity index (χ2v) is 12.9. The van der Waals surface area contributed by atoms with E-state index in [4.69, 9.17) is 14.2 Å². The predicted molar refractivity (Wildman–Crippen MR) is 175 cm³/mol. The van der Waals surface area contributed by atoms with E-state index in [1.807, 2.05) is 86.7 Å². The zero-order valence-corrected chi connectivity index (χ0v) is 28.1. The molecule has 5 rings (SSSR count). The number of hydrogen-bond acceptors (Lipinski definition) is 7. The lowest BCUT2D eigenvalue weighted by molar-refractivity contribution is -0.139. The number of ether oxygens (including phenoxy) is 3. The van der Waals surface area contributed by atoms with Crippen molar-refractivity contribution >= 4 is 55.2 Å². The third-order valence-electron chi connectivity index (χ3n) is 6.65. The summed E-state index contributed by atoms with van der Waals surface area (Å²) in [5, 5.41) is 0. The number of thiazole rings is 1. The van der Waals surface area contributed by atoms with E-state index < -0.39 is 12.0 Å². The molecule has 0 saturated heterocycles. The van der Waals surface area contributed by atoms with Crippen LogP contribution < -0.4 is 24.4 Å². The molecule has 0 bridgehead atoms. The Morgan fingerprint density at radius 2 is 1.81 bits per heavy atom. The molecule has 0 unspecified atom stereocenters. The summed E-state index contributed by atoms with van der Waals surface area (Å²) in [6.07, 6.45) is 1.72. The maximum absolute atomic E-state index is 14.0. The lowest BCUT2D eigenvalue weighted by Crippen LogP contribution is -2.40.